The summed E-state index contributed by atoms with van der Waals surface area (Å²) in [6, 6.07) is 8.24. The number of hydrogen-bond acceptors (Lipinski definition) is 3. The van der Waals surface area contributed by atoms with Crippen molar-refractivity contribution in [2.75, 3.05) is 0 Å². The summed E-state index contributed by atoms with van der Waals surface area (Å²) in [7, 11) is 0.960. The molecule has 0 amide bonds. The number of carbonyl (C=O) groups is 1. The lowest BCUT2D eigenvalue weighted by Gasteiger charge is -2.28. The highest BCUT2D eigenvalue weighted by Crippen LogP contribution is 2.35. The number of allylic oxidation sites excluding steroid dienone is 1. The first-order valence-corrected chi connectivity index (χ1v) is 11.9. The second-order valence-corrected chi connectivity index (χ2v) is 9.66. The van der Waals surface area contributed by atoms with Gasteiger partial charge in [-0.05, 0) is 48.0 Å². The highest BCUT2D eigenvalue weighted by Gasteiger charge is 2.22. The van der Waals surface area contributed by atoms with Crippen molar-refractivity contribution in [2.24, 2.45) is 5.92 Å². The van der Waals surface area contributed by atoms with Gasteiger partial charge in [-0.15, -0.1) is 6.58 Å². The molecule has 0 aromatic heterocycles. The molecule has 0 saturated heterocycles. The molecule has 0 atom stereocenters. The summed E-state index contributed by atoms with van der Waals surface area (Å²) in [4.78, 5) is 12.3. The van der Waals surface area contributed by atoms with Crippen molar-refractivity contribution in [3.63, 3.8) is 0 Å². The van der Waals surface area contributed by atoms with E-state index in [2.05, 4.69) is 6.58 Å². The number of halogens is 3. The van der Waals surface area contributed by atoms with Gasteiger partial charge >= 0.3 is 5.97 Å². The quantitative estimate of drug-likeness (QED) is 0.200. The third-order valence-corrected chi connectivity index (χ3v) is 7.51. The molecule has 1 fully saturated rings. The SMILES string of the molecule is C=CC[Si]C1CCC(CCc2ccc(C(=O)Oc3cc(F)c(C#N)c(F)c3)c(F)c2)CC1. The Balaban J connectivity index is 1.55. The molecule has 0 N–H and O–H groups in total. The van der Waals surface area contributed by atoms with Gasteiger partial charge in [0.2, 0.25) is 0 Å². The van der Waals surface area contributed by atoms with Crippen LogP contribution in [0.15, 0.2) is 43.0 Å². The van der Waals surface area contributed by atoms with E-state index in [0.29, 0.717) is 5.92 Å². The van der Waals surface area contributed by atoms with Crippen molar-refractivity contribution in [2.45, 2.75) is 50.1 Å². The number of benzene rings is 2. The monoisotopic (exact) mass is 455 g/mol. The number of aryl methyl sites for hydroxylation is 1. The molecule has 0 aliphatic heterocycles. The van der Waals surface area contributed by atoms with Crippen molar-refractivity contribution >= 4 is 15.5 Å². The van der Waals surface area contributed by atoms with Crippen LogP contribution in [0.3, 0.4) is 0 Å². The zero-order chi connectivity index (χ0) is 23.1. The van der Waals surface area contributed by atoms with Gasteiger partial charge < -0.3 is 4.74 Å². The Labute approximate surface area is 188 Å². The molecule has 0 unspecified atom stereocenters. The van der Waals surface area contributed by atoms with E-state index in [9.17, 15) is 18.0 Å². The van der Waals surface area contributed by atoms with E-state index in [1.54, 1.807) is 6.07 Å². The minimum atomic E-state index is -1.15. The predicted molar refractivity (Wildman–Crippen MR) is 117 cm³/mol. The number of hydrogen-bond donors (Lipinski definition) is 0. The summed E-state index contributed by atoms with van der Waals surface area (Å²) in [5.41, 5.74) is 0.517. The first-order chi connectivity index (χ1) is 15.4. The van der Waals surface area contributed by atoms with Crippen molar-refractivity contribution < 1.29 is 22.7 Å². The lowest BCUT2D eigenvalue weighted by Crippen LogP contribution is -2.15. The average molecular weight is 456 g/mol. The predicted octanol–water partition coefficient (Wildman–Crippen LogP) is 6.41. The number of rotatable bonds is 8. The Morgan fingerprint density at radius 3 is 2.41 bits per heavy atom. The smallest absolute Gasteiger partial charge is 0.346 e. The molecule has 1 aliphatic rings. The Kier molecular flexibility index (Phi) is 8.29. The van der Waals surface area contributed by atoms with Crippen LogP contribution < -0.4 is 4.74 Å². The van der Waals surface area contributed by atoms with Gasteiger partial charge in [0.25, 0.3) is 0 Å². The molecule has 2 aromatic rings. The normalized spacial score (nSPS) is 18.1. The van der Waals surface area contributed by atoms with Crippen molar-refractivity contribution in [1.29, 1.82) is 5.26 Å². The molecule has 2 radical (unpaired) electrons. The van der Waals surface area contributed by atoms with Gasteiger partial charge in [-0.3, -0.25) is 0 Å². The zero-order valence-corrected chi connectivity index (χ0v) is 18.7. The van der Waals surface area contributed by atoms with Crippen molar-refractivity contribution in [1.82, 2.24) is 0 Å². The van der Waals surface area contributed by atoms with Crippen LogP contribution >= 0.6 is 0 Å². The second-order valence-electron chi connectivity index (χ2n) is 8.03. The Bertz CT molecular complexity index is 1000. The molecule has 0 bridgehead atoms. The van der Waals surface area contributed by atoms with Gasteiger partial charge in [0.05, 0.1) is 5.56 Å². The molecular formula is C25H24F3NO2Si. The van der Waals surface area contributed by atoms with Crippen LogP contribution in [0, 0.1) is 34.7 Å². The standard InChI is InChI=1S/C25H24F3NO2Si/c1-2-11-32-19-8-5-16(6-9-19)3-4-17-7-10-20(22(26)12-17)25(30)31-18-13-23(27)21(15-29)24(28)14-18/h2,7,10,12-14,16,19H,1,3-6,8-9,11H2. The largest absolute Gasteiger partial charge is 0.423 e. The van der Waals surface area contributed by atoms with E-state index in [0.717, 1.165) is 51.6 Å². The Morgan fingerprint density at radius 2 is 1.81 bits per heavy atom. The second kappa shape index (κ2) is 11.1. The van der Waals surface area contributed by atoms with E-state index in [-0.39, 0.29) is 5.56 Å². The molecule has 166 valence electrons. The molecule has 1 aliphatic carbocycles. The number of carbonyl (C=O) groups excluding carboxylic acids is 1. The summed E-state index contributed by atoms with van der Waals surface area (Å²) in [5.74, 6) is -3.90. The van der Waals surface area contributed by atoms with Gasteiger partial charge in [-0.1, -0.05) is 37.8 Å². The van der Waals surface area contributed by atoms with E-state index in [1.165, 1.54) is 43.9 Å². The summed E-state index contributed by atoms with van der Waals surface area (Å²) >= 11 is 0. The maximum Gasteiger partial charge on any atom is 0.346 e. The fourth-order valence-corrected chi connectivity index (χ4v) is 5.27. The van der Waals surface area contributed by atoms with E-state index < -0.39 is 34.7 Å². The molecular weight excluding hydrogens is 431 g/mol. The van der Waals surface area contributed by atoms with Crippen LogP contribution in [0.2, 0.25) is 11.6 Å². The van der Waals surface area contributed by atoms with Crippen LogP contribution in [0.25, 0.3) is 0 Å². The minimum Gasteiger partial charge on any atom is -0.423 e. The van der Waals surface area contributed by atoms with E-state index >= 15 is 0 Å². The fourth-order valence-electron chi connectivity index (χ4n) is 4.03. The lowest BCUT2D eigenvalue weighted by molar-refractivity contribution is 0.0729. The third-order valence-electron chi connectivity index (χ3n) is 5.83. The maximum atomic E-state index is 14.5. The van der Waals surface area contributed by atoms with Gasteiger partial charge in [-0.25, -0.2) is 18.0 Å². The van der Waals surface area contributed by atoms with Gasteiger partial charge in [0.1, 0.15) is 34.8 Å². The van der Waals surface area contributed by atoms with E-state index in [1.807, 2.05) is 6.08 Å². The molecule has 3 nitrogen and oxygen atoms in total. The van der Waals surface area contributed by atoms with Crippen LogP contribution in [-0.2, 0) is 6.42 Å². The van der Waals surface area contributed by atoms with Crippen molar-refractivity contribution in [3.05, 3.63) is 77.1 Å². The van der Waals surface area contributed by atoms with Gasteiger partial charge in [0.15, 0.2) is 0 Å². The number of esters is 1. The molecule has 32 heavy (non-hydrogen) atoms. The van der Waals surface area contributed by atoms with Crippen LogP contribution in [0.1, 0.15) is 53.6 Å². The molecule has 0 heterocycles. The molecule has 2 aromatic carbocycles. The van der Waals surface area contributed by atoms with Gasteiger partial charge in [-0.2, -0.15) is 5.26 Å². The Morgan fingerprint density at radius 1 is 1.12 bits per heavy atom. The Hall–Kier alpha value is -2.85. The first-order valence-electron chi connectivity index (χ1n) is 10.6. The summed E-state index contributed by atoms with van der Waals surface area (Å²) in [6.07, 6.45) is 8.56. The van der Waals surface area contributed by atoms with Crippen LogP contribution in [-0.4, -0.2) is 15.5 Å². The number of nitriles is 1. The van der Waals surface area contributed by atoms with E-state index in [4.69, 9.17) is 10.00 Å². The number of nitrogens with zero attached hydrogens (tertiary/aromatic N) is 1. The summed E-state index contributed by atoms with van der Waals surface area (Å²) in [6.45, 7) is 3.79. The van der Waals surface area contributed by atoms with Crippen molar-refractivity contribution in [3.8, 4) is 11.8 Å². The zero-order valence-electron chi connectivity index (χ0n) is 17.7. The van der Waals surface area contributed by atoms with Crippen LogP contribution in [0.5, 0.6) is 5.75 Å². The molecule has 1 saturated carbocycles. The van der Waals surface area contributed by atoms with Crippen LogP contribution in [0.4, 0.5) is 13.2 Å². The minimum absolute atomic E-state index is 0.317. The fraction of sp³-hybridized carbons (Fsp3) is 0.360. The van der Waals surface area contributed by atoms with Gasteiger partial charge in [0, 0.05) is 21.7 Å². The first kappa shape index (κ1) is 23.8. The number of ether oxygens (including phenoxy) is 1. The molecule has 0 spiro atoms. The lowest BCUT2D eigenvalue weighted by atomic mass is 9.85. The highest BCUT2D eigenvalue weighted by atomic mass is 28.2. The molecule has 7 heteroatoms. The molecule has 3 rings (SSSR count). The third kappa shape index (κ3) is 6.10. The highest BCUT2D eigenvalue weighted by molar-refractivity contribution is 6.38. The topological polar surface area (TPSA) is 50.1 Å². The summed E-state index contributed by atoms with van der Waals surface area (Å²) < 4.78 is 46.8. The maximum absolute atomic E-state index is 14.5. The average Bonchev–Trinajstić information content (AvgIpc) is 2.76. The summed E-state index contributed by atoms with van der Waals surface area (Å²) in [5, 5.41) is 8.69.